The van der Waals surface area contributed by atoms with Gasteiger partial charge in [-0.2, -0.15) is 0 Å². The second-order valence-corrected chi connectivity index (χ2v) is 5.63. The van der Waals surface area contributed by atoms with E-state index in [0.29, 0.717) is 6.42 Å². The van der Waals surface area contributed by atoms with Crippen LogP contribution in [0.15, 0.2) is 18.2 Å². The van der Waals surface area contributed by atoms with Gasteiger partial charge in [-0.15, -0.1) is 0 Å². The van der Waals surface area contributed by atoms with Gasteiger partial charge >= 0.3 is 0 Å². The monoisotopic (exact) mass is 274 g/mol. The van der Waals surface area contributed by atoms with Gasteiger partial charge in [-0.3, -0.25) is 4.79 Å². The Morgan fingerprint density at radius 2 is 2.35 bits per heavy atom. The van der Waals surface area contributed by atoms with E-state index in [1.807, 2.05) is 6.07 Å². The molecule has 2 aliphatic rings. The van der Waals surface area contributed by atoms with E-state index in [1.54, 1.807) is 0 Å². The fourth-order valence-electron chi connectivity index (χ4n) is 2.95. The Morgan fingerprint density at radius 1 is 1.40 bits per heavy atom. The van der Waals surface area contributed by atoms with Crippen molar-refractivity contribution in [1.29, 1.82) is 0 Å². The van der Waals surface area contributed by atoms with E-state index < -0.39 is 0 Å². The van der Waals surface area contributed by atoms with Crippen molar-refractivity contribution >= 4 is 11.6 Å². The van der Waals surface area contributed by atoms with Gasteiger partial charge in [0.2, 0.25) is 5.91 Å². The summed E-state index contributed by atoms with van der Waals surface area (Å²) in [4.78, 5) is 12.0. The van der Waals surface area contributed by atoms with Crippen LogP contribution in [0, 0.1) is 0 Å². The summed E-state index contributed by atoms with van der Waals surface area (Å²) in [6.45, 7) is 2.79. The van der Waals surface area contributed by atoms with Crippen molar-refractivity contribution in [2.24, 2.45) is 0 Å². The summed E-state index contributed by atoms with van der Waals surface area (Å²) >= 11 is 0. The van der Waals surface area contributed by atoms with Gasteiger partial charge in [0.05, 0.1) is 6.10 Å². The normalized spacial score (nSPS) is 21.5. The number of hydrogen-bond donors (Lipinski definition) is 2. The van der Waals surface area contributed by atoms with E-state index in [-0.39, 0.29) is 12.0 Å². The molecule has 1 fully saturated rings. The third-order valence-electron chi connectivity index (χ3n) is 4.09. The molecule has 0 bridgehead atoms. The Kier molecular flexibility index (Phi) is 4.33. The number of carbonyl (C=O) groups excluding carboxylic acids is 1. The zero-order valence-electron chi connectivity index (χ0n) is 11.8. The van der Waals surface area contributed by atoms with Crippen molar-refractivity contribution in [3.8, 4) is 0 Å². The number of ether oxygens (including phenoxy) is 1. The fraction of sp³-hybridized carbons (Fsp3) is 0.562. The lowest BCUT2D eigenvalue weighted by Crippen LogP contribution is -2.23. The first kappa shape index (κ1) is 13.6. The number of amides is 1. The average Bonchev–Trinajstić information content (AvgIpc) is 2.98. The highest BCUT2D eigenvalue weighted by molar-refractivity contribution is 5.90. The van der Waals surface area contributed by atoms with Crippen LogP contribution in [0.2, 0.25) is 0 Å². The maximum absolute atomic E-state index is 12.0. The maximum Gasteiger partial charge on any atom is 0.224 e. The summed E-state index contributed by atoms with van der Waals surface area (Å²) in [5.41, 5.74) is 3.60. The molecule has 2 heterocycles. The van der Waals surface area contributed by atoms with E-state index in [1.165, 1.54) is 11.1 Å². The summed E-state index contributed by atoms with van der Waals surface area (Å²) in [6.07, 6.45) is 4.96. The van der Waals surface area contributed by atoms with Gasteiger partial charge in [-0.25, -0.2) is 0 Å². The van der Waals surface area contributed by atoms with Gasteiger partial charge in [0.1, 0.15) is 0 Å². The molecular formula is C16H22N2O2. The Hall–Kier alpha value is -1.39. The number of anilines is 1. The molecule has 2 aliphatic heterocycles. The molecule has 2 N–H and O–H groups in total. The molecule has 4 nitrogen and oxygen atoms in total. The predicted octanol–water partition coefficient (Wildman–Crippen LogP) is 2.23. The van der Waals surface area contributed by atoms with E-state index in [0.717, 1.165) is 51.1 Å². The second kappa shape index (κ2) is 6.37. The van der Waals surface area contributed by atoms with Gasteiger partial charge in [0.25, 0.3) is 0 Å². The molecule has 0 aliphatic carbocycles. The first-order valence-corrected chi connectivity index (χ1v) is 7.55. The van der Waals surface area contributed by atoms with E-state index in [4.69, 9.17) is 4.74 Å². The molecule has 3 rings (SSSR count). The number of nitrogens with one attached hydrogen (secondary N) is 2. The summed E-state index contributed by atoms with van der Waals surface area (Å²) in [7, 11) is 0. The minimum absolute atomic E-state index is 0.0872. The van der Waals surface area contributed by atoms with Crippen LogP contribution in [0.4, 0.5) is 5.69 Å². The zero-order chi connectivity index (χ0) is 13.8. The highest BCUT2D eigenvalue weighted by atomic mass is 16.5. The lowest BCUT2D eigenvalue weighted by molar-refractivity contribution is -0.116. The Morgan fingerprint density at radius 3 is 3.20 bits per heavy atom. The Labute approximate surface area is 119 Å². The predicted molar refractivity (Wildman–Crippen MR) is 78.7 cm³/mol. The highest BCUT2D eigenvalue weighted by Crippen LogP contribution is 2.20. The third-order valence-corrected chi connectivity index (χ3v) is 4.09. The lowest BCUT2D eigenvalue weighted by Gasteiger charge is -2.18. The van der Waals surface area contributed by atoms with E-state index >= 15 is 0 Å². The van der Waals surface area contributed by atoms with Crippen LogP contribution in [-0.2, 0) is 22.5 Å². The third kappa shape index (κ3) is 3.38. The molecular weight excluding hydrogens is 252 g/mol. The first-order chi connectivity index (χ1) is 9.81. The van der Waals surface area contributed by atoms with Gasteiger partial charge in [0, 0.05) is 25.3 Å². The SMILES string of the molecule is O=C(CCC1CCCO1)Nc1ccc2c(c1)CNCC2. The van der Waals surface area contributed by atoms with Crippen LogP contribution in [0.1, 0.15) is 36.8 Å². The smallest absolute Gasteiger partial charge is 0.224 e. The van der Waals surface area contributed by atoms with Crippen LogP contribution >= 0.6 is 0 Å². The minimum Gasteiger partial charge on any atom is -0.378 e. The molecule has 4 heteroatoms. The van der Waals surface area contributed by atoms with Crippen LogP contribution in [-0.4, -0.2) is 25.2 Å². The molecule has 1 unspecified atom stereocenters. The molecule has 0 radical (unpaired) electrons. The number of carbonyl (C=O) groups is 1. The number of benzene rings is 1. The average molecular weight is 274 g/mol. The molecule has 1 aromatic rings. The fourth-order valence-corrected chi connectivity index (χ4v) is 2.95. The van der Waals surface area contributed by atoms with Crippen molar-refractivity contribution in [3.05, 3.63) is 29.3 Å². The zero-order valence-corrected chi connectivity index (χ0v) is 11.8. The van der Waals surface area contributed by atoms with Crippen molar-refractivity contribution in [2.45, 2.75) is 44.8 Å². The van der Waals surface area contributed by atoms with Gasteiger partial charge in [-0.1, -0.05) is 6.07 Å². The molecule has 1 aromatic carbocycles. The topological polar surface area (TPSA) is 50.4 Å². The summed E-state index contributed by atoms with van der Waals surface area (Å²) < 4.78 is 5.54. The molecule has 0 spiro atoms. The van der Waals surface area contributed by atoms with Crippen molar-refractivity contribution in [3.63, 3.8) is 0 Å². The Balaban J connectivity index is 1.52. The lowest BCUT2D eigenvalue weighted by atomic mass is 10.0. The summed E-state index contributed by atoms with van der Waals surface area (Å²) in [5.74, 6) is 0.0872. The molecule has 108 valence electrons. The summed E-state index contributed by atoms with van der Waals surface area (Å²) in [6, 6.07) is 6.23. The van der Waals surface area contributed by atoms with Crippen LogP contribution in [0.5, 0.6) is 0 Å². The highest BCUT2D eigenvalue weighted by Gasteiger charge is 2.17. The molecule has 0 aromatic heterocycles. The van der Waals surface area contributed by atoms with Crippen LogP contribution in [0.3, 0.4) is 0 Å². The van der Waals surface area contributed by atoms with Gasteiger partial charge < -0.3 is 15.4 Å². The van der Waals surface area contributed by atoms with Crippen molar-refractivity contribution < 1.29 is 9.53 Å². The standard InChI is InChI=1S/C16H22N2O2/c19-16(6-5-15-2-1-9-20-15)18-14-4-3-12-7-8-17-11-13(12)10-14/h3-4,10,15,17H,1-2,5-9,11H2,(H,18,19). The van der Waals surface area contributed by atoms with Crippen molar-refractivity contribution in [2.75, 3.05) is 18.5 Å². The second-order valence-electron chi connectivity index (χ2n) is 5.63. The van der Waals surface area contributed by atoms with Gasteiger partial charge in [-0.05, 0) is 55.5 Å². The first-order valence-electron chi connectivity index (χ1n) is 7.55. The number of rotatable bonds is 4. The number of hydrogen-bond acceptors (Lipinski definition) is 3. The van der Waals surface area contributed by atoms with E-state index in [9.17, 15) is 4.79 Å². The number of fused-ring (bicyclic) bond motifs is 1. The molecule has 1 saturated heterocycles. The molecule has 1 amide bonds. The quantitative estimate of drug-likeness (QED) is 0.885. The Bertz CT molecular complexity index is 481. The van der Waals surface area contributed by atoms with Crippen LogP contribution < -0.4 is 10.6 Å². The van der Waals surface area contributed by atoms with Gasteiger partial charge in [0.15, 0.2) is 0 Å². The van der Waals surface area contributed by atoms with Crippen molar-refractivity contribution in [1.82, 2.24) is 5.32 Å². The largest absolute Gasteiger partial charge is 0.378 e. The van der Waals surface area contributed by atoms with Crippen LogP contribution in [0.25, 0.3) is 0 Å². The maximum atomic E-state index is 12.0. The molecule has 20 heavy (non-hydrogen) atoms. The van der Waals surface area contributed by atoms with E-state index in [2.05, 4.69) is 22.8 Å². The summed E-state index contributed by atoms with van der Waals surface area (Å²) in [5, 5.41) is 6.35. The molecule has 1 atom stereocenters. The molecule has 0 saturated carbocycles. The minimum atomic E-state index is 0.0872.